The average molecular weight is 254 g/mol. The third-order valence-electron chi connectivity index (χ3n) is 4.20. The Hall–Kier alpha value is -0.0800. The van der Waals surface area contributed by atoms with Gasteiger partial charge in [0.05, 0.1) is 0 Å². The summed E-state index contributed by atoms with van der Waals surface area (Å²) in [6.07, 6.45) is 11.1. The summed E-state index contributed by atoms with van der Waals surface area (Å²) in [5, 5.41) is 3.46. The van der Waals surface area contributed by atoms with Gasteiger partial charge in [0.25, 0.3) is 0 Å². The van der Waals surface area contributed by atoms with Crippen molar-refractivity contribution >= 4 is 0 Å². The van der Waals surface area contributed by atoms with E-state index in [1.165, 1.54) is 84.1 Å². The molecular formula is C16H34N2. The van der Waals surface area contributed by atoms with E-state index < -0.39 is 0 Å². The maximum atomic E-state index is 3.46. The van der Waals surface area contributed by atoms with Gasteiger partial charge in [0, 0.05) is 0 Å². The lowest BCUT2D eigenvalue weighted by molar-refractivity contribution is 0.245. The van der Waals surface area contributed by atoms with Crippen LogP contribution in [0.15, 0.2) is 0 Å². The van der Waals surface area contributed by atoms with Gasteiger partial charge in [-0.3, -0.25) is 0 Å². The highest BCUT2D eigenvalue weighted by Crippen LogP contribution is 2.18. The molecule has 0 aromatic carbocycles. The summed E-state index contributed by atoms with van der Waals surface area (Å²) in [4.78, 5) is 2.70. The van der Waals surface area contributed by atoms with E-state index in [4.69, 9.17) is 0 Å². The van der Waals surface area contributed by atoms with E-state index in [2.05, 4.69) is 24.1 Å². The third-order valence-corrected chi connectivity index (χ3v) is 4.20. The SMILES string of the molecule is CCCCN(CCCC)CCCC1CCNCC1. The van der Waals surface area contributed by atoms with E-state index in [1.54, 1.807) is 0 Å². The highest BCUT2D eigenvalue weighted by Gasteiger charge is 2.13. The molecule has 108 valence electrons. The van der Waals surface area contributed by atoms with Crippen molar-refractivity contribution in [3.8, 4) is 0 Å². The van der Waals surface area contributed by atoms with E-state index >= 15 is 0 Å². The van der Waals surface area contributed by atoms with E-state index in [1.807, 2.05) is 0 Å². The summed E-state index contributed by atoms with van der Waals surface area (Å²) in [6, 6.07) is 0. The zero-order valence-corrected chi connectivity index (χ0v) is 12.7. The van der Waals surface area contributed by atoms with Crippen LogP contribution in [0.4, 0.5) is 0 Å². The first-order chi connectivity index (χ1) is 8.86. The fourth-order valence-corrected chi connectivity index (χ4v) is 2.87. The summed E-state index contributed by atoms with van der Waals surface area (Å²) in [6.45, 7) is 11.1. The normalized spacial score (nSPS) is 17.5. The molecule has 18 heavy (non-hydrogen) atoms. The van der Waals surface area contributed by atoms with Crippen molar-refractivity contribution in [1.29, 1.82) is 0 Å². The molecule has 1 rings (SSSR count). The van der Waals surface area contributed by atoms with E-state index in [-0.39, 0.29) is 0 Å². The molecule has 0 atom stereocenters. The van der Waals surface area contributed by atoms with Crippen LogP contribution >= 0.6 is 0 Å². The van der Waals surface area contributed by atoms with Gasteiger partial charge in [0.2, 0.25) is 0 Å². The minimum absolute atomic E-state index is 1.01. The van der Waals surface area contributed by atoms with Crippen molar-refractivity contribution in [3.63, 3.8) is 0 Å². The van der Waals surface area contributed by atoms with Gasteiger partial charge in [-0.15, -0.1) is 0 Å². The van der Waals surface area contributed by atoms with Crippen molar-refractivity contribution in [2.24, 2.45) is 5.92 Å². The van der Waals surface area contributed by atoms with Crippen LogP contribution in [0.2, 0.25) is 0 Å². The van der Waals surface area contributed by atoms with Gasteiger partial charge in [-0.25, -0.2) is 0 Å². The summed E-state index contributed by atoms with van der Waals surface area (Å²) in [5.41, 5.74) is 0. The largest absolute Gasteiger partial charge is 0.317 e. The van der Waals surface area contributed by atoms with Crippen molar-refractivity contribution in [2.45, 2.75) is 65.2 Å². The molecule has 1 fully saturated rings. The van der Waals surface area contributed by atoms with Gasteiger partial charge in [0.15, 0.2) is 0 Å². The molecule has 0 aromatic heterocycles. The second-order valence-electron chi connectivity index (χ2n) is 5.88. The number of hydrogen-bond donors (Lipinski definition) is 1. The molecule has 1 aliphatic rings. The van der Waals surface area contributed by atoms with Gasteiger partial charge in [-0.2, -0.15) is 0 Å². The van der Waals surface area contributed by atoms with E-state index in [0.29, 0.717) is 0 Å². The summed E-state index contributed by atoms with van der Waals surface area (Å²) in [5.74, 6) is 1.01. The van der Waals surface area contributed by atoms with E-state index in [0.717, 1.165) is 5.92 Å². The Labute approximate surface area is 115 Å². The Bertz CT molecular complexity index is 168. The van der Waals surface area contributed by atoms with Crippen molar-refractivity contribution in [3.05, 3.63) is 0 Å². The van der Waals surface area contributed by atoms with Crippen LogP contribution in [0.5, 0.6) is 0 Å². The molecule has 2 heteroatoms. The minimum atomic E-state index is 1.01. The van der Waals surface area contributed by atoms with Crippen LogP contribution in [0, 0.1) is 5.92 Å². The van der Waals surface area contributed by atoms with Gasteiger partial charge in [-0.1, -0.05) is 26.7 Å². The molecule has 1 heterocycles. The number of unbranched alkanes of at least 4 members (excludes halogenated alkanes) is 2. The predicted molar refractivity (Wildman–Crippen MR) is 81.1 cm³/mol. The Morgan fingerprint density at radius 3 is 2.00 bits per heavy atom. The molecule has 1 N–H and O–H groups in total. The monoisotopic (exact) mass is 254 g/mol. The first-order valence-electron chi connectivity index (χ1n) is 8.29. The van der Waals surface area contributed by atoms with Crippen LogP contribution in [0.1, 0.15) is 65.2 Å². The van der Waals surface area contributed by atoms with Gasteiger partial charge in [0.1, 0.15) is 0 Å². The summed E-state index contributed by atoms with van der Waals surface area (Å²) >= 11 is 0. The van der Waals surface area contributed by atoms with Crippen LogP contribution in [0.3, 0.4) is 0 Å². The molecule has 2 nitrogen and oxygen atoms in total. The molecule has 0 unspecified atom stereocenters. The van der Waals surface area contributed by atoms with Crippen LogP contribution in [-0.2, 0) is 0 Å². The van der Waals surface area contributed by atoms with Crippen LogP contribution in [0.25, 0.3) is 0 Å². The summed E-state index contributed by atoms with van der Waals surface area (Å²) < 4.78 is 0. The highest BCUT2D eigenvalue weighted by atomic mass is 15.1. The fourth-order valence-electron chi connectivity index (χ4n) is 2.87. The molecule has 0 aromatic rings. The molecule has 1 aliphatic heterocycles. The van der Waals surface area contributed by atoms with Crippen molar-refractivity contribution < 1.29 is 0 Å². The second kappa shape index (κ2) is 10.8. The lowest BCUT2D eigenvalue weighted by Gasteiger charge is -2.25. The highest BCUT2D eigenvalue weighted by molar-refractivity contribution is 4.69. The Morgan fingerprint density at radius 1 is 0.889 bits per heavy atom. The lowest BCUT2D eigenvalue weighted by atomic mass is 9.93. The lowest BCUT2D eigenvalue weighted by Crippen LogP contribution is -2.30. The maximum Gasteiger partial charge on any atom is -0.00186 e. The third kappa shape index (κ3) is 7.38. The summed E-state index contributed by atoms with van der Waals surface area (Å²) in [7, 11) is 0. The van der Waals surface area contributed by atoms with Crippen molar-refractivity contribution in [1.82, 2.24) is 10.2 Å². The Morgan fingerprint density at radius 2 is 1.44 bits per heavy atom. The van der Waals surface area contributed by atoms with E-state index in [9.17, 15) is 0 Å². The number of hydrogen-bond acceptors (Lipinski definition) is 2. The maximum absolute atomic E-state index is 3.46. The van der Waals surface area contributed by atoms with Crippen LogP contribution < -0.4 is 5.32 Å². The Kier molecular flexibility index (Phi) is 9.59. The molecule has 1 saturated heterocycles. The number of nitrogens with one attached hydrogen (secondary N) is 1. The number of piperidine rings is 1. The van der Waals surface area contributed by atoms with Gasteiger partial charge < -0.3 is 10.2 Å². The zero-order chi connectivity index (χ0) is 13.1. The van der Waals surface area contributed by atoms with Crippen LogP contribution in [-0.4, -0.2) is 37.6 Å². The zero-order valence-electron chi connectivity index (χ0n) is 12.7. The second-order valence-corrected chi connectivity index (χ2v) is 5.88. The molecule has 0 spiro atoms. The first-order valence-corrected chi connectivity index (χ1v) is 8.29. The minimum Gasteiger partial charge on any atom is -0.317 e. The quantitative estimate of drug-likeness (QED) is 0.640. The van der Waals surface area contributed by atoms with Gasteiger partial charge in [-0.05, 0) is 77.2 Å². The molecule has 0 bridgehead atoms. The first kappa shape index (κ1) is 16.0. The van der Waals surface area contributed by atoms with Gasteiger partial charge >= 0.3 is 0 Å². The molecule has 0 amide bonds. The molecule has 0 aliphatic carbocycles. The number of rotatable bonds is 10. The molecule has 0 saturated carbocycles. The average Bonchev–Trinajstić information content (AvgIpc) is 2.42. The fraction of sp³-hybridized carbons (Fsp3) is 1.00. The smallest absolute Gasteiger partial charge is 0.00186 e. The van der Waals surface area contributed by atoms with Crippen molar-refractivity contribution in [2.75, 3.05) is 32.7 Å². The predicted octanol–water partition coefficient (Wildman–Crippen LogP) is 3.67. The topological polar surface area (TPSA) is 15.3 Å². The number of nitrogens with zero attached hydrogens (tertiary/aromatic N) is 1. The molecular weight excluding hydrogens is 220 g/mol. The Balaban J connectivity index is 2.10. The molecule has 0 radical (unpaired) electrons. The standard InChI is InChI=1S/C16H34N2/c1-3-5-13-18(14-6-4-2)15-7-8-16-9-11-17-12-10-16/h16-17H,3-15H2,1-2H3.